The Labute approximate surface area is 163 Å². The number of nitrogens with one attached hydrogen (secondary N) is 1. The van der Waals surface area contributed by atoms with Gasteiger partial charge in [-0.25, -0.2) is 0 Å². The lowest BCUT2D eigenvalue weighted by atomic mass is 9.79. The van der Waals surface area contributed by atoms with Crippen molar-refractivity contribution in [3.05, 3.63) is 24.3 Å². The number of amides is 1. The number of carbonyl (C=O) groups excluding carboxylic acids is 1. The number of ether oxygens (including phenoxy) is 2. The molecule has 3 rings (SSSR count). The molecule has 5 nitrogen and oxygen atoms in total. The third kappa shape index (κ3) is 4.95. The molecule has 1 heterocycles. The number of rotatable bonds is 8. The molecule has 0 aromatic heterocycles. The maximum Gasteiger partial charge on any atom is 0.223 e. The van der Waals surface area contributed by atoms with E-state index in [1.807, 2.05) is 24.3 Å². The molecule has 1 saturated heterocycles. The summed E-state index contributed by atoms with van der Waals surface area (Å²) in [6.45, 7) is 4.55. The van der Waals surface area contributed by atoms with E-state index in [-0.39, 0.29) is 5.54 Å². The first-order valence-electron chi connectivity index (χ1n) is 10.5. The van der Waals surface area contributed by atoms with E-state index < -0.39 is 0 Å². The summed E-state index contributed by atoms with van der Waals surface area (Å²) in [5.41, 5.74) is 0.110. The average Bonchev–Trinajstić information content (AvgIpc) is 3.03. The molecule has 1 aliphatic carbocycles. The highest BCUT2D eigenvalue weighted by Crippen LogP contribution is 2.42. The zero-order valence-corrected chi connectivity index (χ0v) is 16.8. The molecule has 5 heteroatoms. The van der Waals surface area contributed by atoms with Crippen LogP contribution >= 0.6 is 0 Å². The number of methoxy groups -OCH3 is 1. The summed E-state index contributed by atoms with van der Waals surface area (Å²) in [4.78, 5) is 15.2. The molecule has 1 aromatic carbocycles. The minimum atomic E-state index is 0.110. The first-order chi connectivity index (χ1) is 13.2. The number of likely N-dealkylation sites (tertiary alicyclic amines) is 1. The van der Waals surface area contributed by atoms with Gasteiger partial charge in [0.05, 0.1) is 13.7 Å². The third-order valence-electron chi connectivity index (χ3n) is 6.04. The molecular formula is C22H34N2O3. The van der Waals surface area contributed by atoms with Crippen LogP contribution in [0.2, 0.25) is 0 Å². The lowest BCUT2D eigenvalue weighted by Crippen LogP contribution is -2.48. The van der Waals surface area contributed by atoms with Crippen molar-refractivity contribution in [2.24, 2.45) is 0 Å². The van der Waals surface area contributed by atoms with Gasteiger partial charge >= 0.3 is 0 Å². The molecule has 1 N–H and O–H groups in total. The zero-order chi connectivity index (χ0) is 19.1. The van der Waals surface area contributed by atoms with Crippen LogP contribution in [0.3, 0.4) is 0 Å². The summed E-state index contributed by atoms with van der Waals surface area (Å²) < 4.78 is 10.9. The van der Waals surface area contributed by atoms with Crippen LogP contribution in [0.15, 0.2) is 24.3 Å². The van der Waals surface area contributed by atoms with Crippen molar-refractivity contribution in [1.82, 2.24) is 10.2 Å². The molecule has 0 radical (unpaired) electrons. The van der Waals surface area contributed by atoms with Gasteiger partial charge in [0.25, 0.3) is 0 Å². The Morgan fingerprint density at radius 1 is 1.19 bits per heavy atom. The lowest BCUT2D eigenvalue weighted by molar-refractivity contribution is -0.136. The quantitative estimate of drug-likeness (QED) is 0.704. The van der Waals surface area contributed by atoms with Gasteiger partial charge in [-0.2, -0.15) is 0 Å². The molecule has 150 valence electrons. The van der Waals surface area contributed by atoms with E-state index >= 15 is 0 Å². The van der Waals surface area contributed by atoms with Crippen LogP contribution in [0.1, 0.15) is 58.3 Å². The van der Waals surface area contributed by atoms with Crippen molar-refractivity contribution in [1.29, 1.82) is 0 Å². The van der Waals surface area contributed by atoms with Crippen LogP contribution in [-0.4, -0.2) is 49.2 Å². The molecule has 2 aliphatic rings. The monoisotopic (exact) mass is 374 g/mol. The van der Waals surface area contributed by atoms with E-state index in [2.05, 4.69) is 17.1 Å². The van der Waals surface area contributed by atoms with Gasteiger partial charge < -0.3 is 19.7 Å². The number of hydrogen-bond acceptors (Lipinski definition) is 4. The van der Waals surface area contributed by atoms with Crippen molar-refractivity contribution < 1.29 is 14.3 Å². The second-order valence-electron chi connectivity index (χ2n) is 7.88. The molecule has 1 amide bonds. The summed E-state index contributed by atoms with van der Waals surface area (Å²) >= 11 is 0. The van der Waals surface area contributed by atoms with Gasteiger partial charge in [0, 0.05) is 24.5 Å². The predicted molar refractivity (Wildman–Crippen MR) is 107 cm³/mol. The van der Waals surface area contributed by atoms with Gasteiger partial charge in [-0.1, -0.05) is 26.2 Å². The van der Waals surface area contributed by atoms with Crippen LogP contribution in [0.25, 0.3) is 0 Å². The van der Waals surface area contributed by atoms with Crippen LogP contribution < -0.4 is 14.8 Å². The Morgan fingerprint density at radius 2 is 1.89 bits per heavy atom. The number of likely N-dealkylation sites (N-methyl/N-ethyl adjacent to an activating group) is 1. The summed E-state index contributed by atoms with van der Waals surface area (Å²) in [5.74, 6) is 1.94. The normalized spacial score (nSPS) is 21.4. The first-order valence-corrected chi connectivity index (χ1v) is 10.5. The molecule has 1 atom stereocenters. The standard InChI is InChI=1S/C22H34N2O3/c1-3-23-18-16-22(13-5-4-6-14-22)24(17-18)21(25)8-7-15-27-20-11-9-19(26-2)10-12-20/h9-12,18,23H,3-8,13-17H2,1-2H3/t18-/m1/s1. The molecular weight excluding hydrogens is 340 g/mol. The fraction of sp³-hybridized carbons (Fsp3) is 0.682. The van der Waals surface area contributed by atoms with Crippen LogP contribution in [0.4, 0.5) is 0 Å². The minimum absolute atomic E-state index is 0.110. The highest BCUT2D eigenvalue weighted by molar-refractivity contribution is 5.77. The van der Waals surface area contributed by atoms with Gasteiger partial charge in [0.15, 0.2) is 0 Å². The van der Waals surface area contributed by atoms with E-state index in [1.54, 1.807) is 7.11 Å². The van der Waals surface area contributed by atoms with Crippen molar-refractivity contribution in [2.45, 2.75) is 69.9 Å². The Balaban J connectivity index is 1.49. The van der Waals surface area contributed by atoms with Crippen molar-refractivity contribution in [2.75, 3.05) is 26.8 Å². The number of carbonyl (C=O) groups is 1. The molecule has 1 aromatic rings. The molecule has 2 fully saturated rings. The summed E-state index contributed by atoms with van der Waals surface area (Å²) in [6.07, 6.45) is 8.60. The summed E-state index contributed by atoms with van der Waals surface area (Å²) in [7, 11) is 1.65. The maximum atomic E-state index is 13.0. The van der Waals surface area contributed by atoms with Crippen LogP contribution in [0.5, 0.6) is 11.5 Å². The zero-order valence-electron chi connectivity index (χ0n) is 16.8. The Hall–Kier alpha value is -1.75. The second kappa shape index (κ2) is 9.45. The first kappa shape index (κ1) is 20.0. The molecule has 1 spiro atoms. The van der Waals surface area contributed by atoms with Gasteiger partial charge in [-0.15, -0.1) is 0 Å². The Kier molecular flexibility index (Phi) is 7.00. The van der Waals surface area contributed by atoms with Crippen LogP contribution in [-0.2, 0) is 4.79 Å². The number of benzene rings is 1. The van der Waals surface area contributed by atoms with E-state index in [9.17, 15) is 4.79 Å². The number of nitrogens with zero attached hydrogens (tertiary/aromatic N) is 1. The molecule has 0 unspecified atom stereocenters. The molecule has 1 saturated carbocycles. The fourth-order valence-electron chi connectivity index (χ4n) is 4.74. The van der Waals surface area contributed by atoms with E-state index in [4.69, 9.17) is 9.47 Å². The van der Waals surface area contributed by atoms with Crippen LogP contribution in [0, 0.1) is 0 Å². The maximum absolute atomic E-state index is 13.0. The van der Waals surface area contributed by atoms with Crippen molar-refractivity contribution in [3.63, 3.8) is 0 Å². The average molecular weight is 375 g/mol. The SMILES string of the molecule is CCN[C@H]1CN(C(=O)CCCOc2ccc(OC)cc2)C2(CCCCC2)C1. The Morgan fingerprint density at radius 3 is 2.56 bits per heavy atom. The van der Waals surface area contributed by atoms with Gasteiger partial charge in [-0.3, -0.25) is 4.79 Å². The third-order valence-corrected chi connectivity index (χ3v) is 6.04. The van der Waals surface area contributed by atoms with E-state index in [0.717, 1.165) is 37.4 Å². The second-order valence-corrected chi connectivity index (χ2v) is 7.88. The van der Waals surface area contributed by atoms with Gasteiger partial charge in [0.2, 0.25) is 5.91 Å². The van der Waals surface area contributed by atoms with Crippen molar-refractivity contribution in [3.8, 4) is 11.5 Å². The molecule has 0 bridgehead atoms. The summed E-state index contributed by atoms with van der Waals surface area (Å²) in [6, 6.07) is 8.03. The fourth-order valence-corrected chi connectivity index (χ4v) is 4.74. The Bertz CT molecular complexity index is 596. The lowest BCUT2D eigenvalue weighted by Gasteiger charge is -2.41. The number of hydrogen-bond donors (Lipinski definition) is 1. The minimum Gasteiger partial charge on any atom is -0.497 e. The largest absolute Gasteiger partial charge is 0.497 e. The highest BCUT2D eigenvalue weighted by Gasteiger charge is 2.47. The van der Waals surface area contributed by atoms with E-state index in [1.165, 1.54) is 32.1 Å². The highest BCUT2D eigenvalue weighted by atomic mass is 16.5. The van der Waals surface area contributed by atoms with Gasteiger partial charge in [-0.05, 0) is 56.5 Å². The smallest absolute Gasteiger partial charge is 0.223 e. The van der Waals surface area contributed by atoms with Gasteiger partial charge in [0.1, 0.15) is 11.5 Å². The predicted octanol–water partition coefficient (Wildman–Crippen LogP) is 3.77. The molecule has 27 heavy (non-hydrogen) atoms. The topological polar surface area (TPSA) is 50.8 Å². The summed E-state index contributed by atoms with van der Waals surface area (Å²) in [5, 5.41) is 3.57. The van der Waals surface area contributed by atoms with E-state index in [0.29, 0.717) is 25.0 Å². The molecule has 1 aliphatic heterocycles. The van der Waals surface area contributed by atoms with Crippen molar-refractivity contribution >= 4 is 5.91 Å².